The van der Waals surface area contributed by atoms with E-state index >= 15 is 0 Å². The molecule has 162 valence electrons. The van der Waals surface area contributed by atoms with Gasteiger partial charge in [0, 0.05) is 50.5 Å². The number of fused-ring (bicyclic) bond motifs is 1. The van der Waals surface area contributed by atoms with E-state index in [-0.39, 0.29) is 29.5 Å². The van der Waals surface area contributed by atoms with Gasteiger partial charge in [0.05, 0.1) is 13.2 Å². The lowest BCUT2D eigenvalue weighted by molar-refractivity contribution is -0.0163. The summed E-state index contributed by atoms with van der Waals surface area (Å²) in [5, 5.41) is 6.97. The van der Waals surface area contributed by atoms with Crippen LogP contribution in [0.4, 0.5) is 5.69 Å². The number of likely N-dealkylation sites (tertiary alicyclic amines) is 1. The van der Waals surface area contributed by atoms with Gasteiger partial charge in [0.2, 0.25) is 0 Å². The van der Waals surface area contributed by atoms with E-state index in [0.717, 1.165) is 62.2 Å². The average molecular weight is 516 g/mol. The van der Waals surface area contributed by atoms with Crippen molar-refractivity contribution in [2.45, 2.75) is 37.6 Å². The van der Waals surface area contributed by atoms with Crippen LogP contribution in [-0.2, 0) is 4.74 Å². The Balaban J connectivity index is 0.00000240. The van der Waals surface area contributed by atoms with E-state index in [0.29, 0.717) is 13.2 Å². The number of nitrogens with one attached hydrogen (secondary N) is 2. The number of ether oxygens (including phenoxy) is 3. The summed E-state index contributed by atoms with van der Waals surface area (Å²) in [6.07, 6.45) is 5.64. The van der Waals surface area contributed by atoms with Gasteiger partial charge in [-0.25, -0.2) is 0 Å². The number of halogens is 1. The van der Waals surface area contributed by atoms with Crippen LogP contribution in [0.3, 0.4) is 0 Å². The molecule has 0 atom stereocenters. The summed E-state index contributed by atoms with van der Waals surface area (Å²) < 4.78 is 17.2. The van der Waals surface area contributed by atoms with Crippen LogP contribution in [0.1, 0.15) is 32.1 Å². The van der Waals surface area contributed by atoms with Gasteiger partial charge < -0.3 is 24.8 Å². The maximum absolute atomic E-state index is 5.80. The zero-order valence-corrected chi connectivity index (χ0v) is 19.6. The fraction of sp³-hybridized carbons (Fsp3) is 0.667. The summed E-state index contributed by atoms with van der Waals surface area (Å²) in [4.78, 5) is 7.08. The molecular formula is C21H33IN4O3. The molecule has 3 heterocycles. The van der Waals surface area contributed by atoms with Crippen molar-refractivity contribution in [3.63, 3.8) is 0 Å². The molecule has 1 aromatic carbocycles. The quantitative estimate of drug-likeness (QED) is 0.365. The van der Waals surface area contributed by atoms with E-state index in [1.807, 2.05) is 25.2 Å². The first-order valence-electron chi connectivity index (χ1n) is 10.5. The lowest BCUT2D eigenvalue weighted by atomic mass is 9.88. The van der Waals surface area contributed by atoms with Crippen LogP contribution in [0.5, 0.6) is 11.5 Å². The van der Waals surface area contributed by atoms with Crippen molar-refractivity contribution in [1.29, 1.82) is 0 Å². The van der Waals surface area contributed by atoms with Gasteiger partial charge in [0.1, 0.15) is 0 Å². The van der Waals surface area contributed by atoms with Gasteiger partial charge in [-0.05, 0) is 50.9 Å². The molecule has 1 aromatic rings. The average Bonchev–Trinajstić information content (AvgIpc) is 3.19. The number of guanidine groups is 1. The Morgan fingerprint density at radius 2 is 1.76 bits per heavy atom. The summed E-state index contributed by atoms with van der Waals surface area (Å²) in [7, 11) is 1.81. The second kappa shape index (κ2) is 10.7. The molecule has 2 fully saturated rings. The summed E-state index contributed by atoms with van der Waals surface area (Å²) >= 11 is 0. The number of hydrogen-bond acceptors (Lipinski definition) is 5. The Bertz CT molecular complexity index is 689. The van der Waals surface area contributed by atoms with Crippen LogP contribution in [0, 0.1) is 0 Å². The molecule has 3 aliphatic heterocycles. The Kier molecular flexibility index (Phi) is 8.25. The highest BCUT2D eigenvalue weighted by Gasteiger charge is 2.39. The third-order valence-corrected chi connectivity index (χ3v) is 6.02. The van der Waals surface area contributed by atoms with Crippen molar-refractivity contribution in [1.82, 2.24) is 10.2 Å². The van der Waals surface area contributed by atoms with Crippen LogP contribution >= 0.6 is 24.0 Å². The molecule has 0 unspecified atom stereocenters. The summed E-state index contributed by atoms with van der Waals surface area (Å²) in [5.74, 6) is 2.37. The predicted octanol–water partition coefficient (Wildman–Crippen LogP) is 3.10. The molecule has 2 N–H and O–H groups in total. The zero-order chi connectivity index (χ0) is 19.2. The number of nitrogens with zero attached hydrogens (tertiary/aromatic N) is 2. The monoisotopic (exact) mass is 516 g/mol. The first kappa shape index (κ1) is 22.4. The second-order valence-electron chi connectivity index (χ2n) is 7.79. The van der Waals surface area contributed by atoms with Gasteiger partial charge in [0.15, 0.2) is 17.5 Å². The van der Waals surface area contributed by atoms with E-state index in [9.17, 15) is 0 Å². The molecule has 0 amide bonds. The van der Waals surface area contributed by atoms with E-state index in [1.165, 1.54) is 25.9 Å². The smallest absolute Gasteiger partial charge is 0.195 e. The van der Waals surface area contributed by atoms with Gasteiger partial charge in [-0.15, -0.1) is 24.0 Å². The molecule has 0 aromatic heterocycles. The Morgan fingerprint density at radius 1 is 1.03 bits per heavy atom. The molecule has 0 radical (unpaired) electrons. The van der Waals surface area contributed by atoms with Crippen LogP contribution in [0.25, 0.3) is 0 Å². The van der Waals surface area contributed by atoms with E-state index < -0.39 is 0 Å². The zero-order valence-electron chi connectivity index (χ0n) is 17.2. The largest absolute Gasteiger partial charge is 0.490 e. The van der Waals surface area contributed by atoms with E-state index in [1.54, 1.807) is 0 Å². The minimum absolute atomic E-state index is 0. The SMILES string of the molecule is CN=C(NCC1(N2CCCC2)CCOCC1)Nc1ccc2c(c1)OCCCO2.I. The first-order chi connectivity index (χ1) is 13.8. The molecule has 7 nitrogen and oxygen atoms in total. The van der Waals surface area contributed by atoms with Crippen molar-refractivity contribution in [2.75, 3.05) is 58.4 Å². The van der Waals surface area contributed by atoms with Crippen LogP contribution < -0.4 is 20.1 Å². The highest BCUT2D eigenvalue weighted by atomic mass is 127. The minimum Gasteiger partial charge on any atom is -0.490 e. The topological polar surface area (TPSA) is 67.4 Å². The molecule has 0 bridgehead atoms. The predicted molar refractivity (Wildman–Crippen MR) is 126 cm³/mol. The molecule has 8 heteroatoms. The molecule has 29 heavy (non-hydrogen) atoms. The summed E-state index contributed by atoms with van der Waals surface area (Å²) in [6, 6.07) is 5.95. The lowest BCUT2D eigenvalue weighted by Crippen LogP contribution is -2.58. The molecule has 4 rings (SSSR count). The molecule has 2 saturated heterocycles. The Hall–Kier alpha value is -1.26. The molecule has 0 spiro atoms. The van der Waals surface area contributed by atoms with Crippen molar-refractivity contribution < 1.29 is 14.2 Å². The maximum atomic E-state index is 5.80. The van der Waals surface area contributed by atoms with E-state index in [4.69, 9.17) is 14.2 Å². The van der Waals surface area contributed by atoms with Gasteiger partial charge in [-0.2, -0.15) is 0 Å². The van der Waals surface area contributed by atoms with Gasteiger partial charge in [0.25, 0.3) is 0 Å². The number of aliphatic imine (C=N–C) groups is 1. The fourth-order valence-corrected chi connectivity index (χ4v) is 4.35. The van der Waals surface area contributed by atoms with Crippen LogP contribution in [0.2, 0.25) is 0 Å². The molecule has 0 aliphatic carbocycles. The second-order valence-corrected chi connectivity index (χ2v) is 7.79. The summed E-state index contributed by atoms with van der Waals surface area (Å²) in [5.41, 5.74) is 1.11. The third kappa shape index (κ3) is 5.46. The number of anilines is 1. The minimum atomic E-state index is 0. The molecule has 0 saturated carbocycles. The highest BCUT2D eigenvalue weighted by Crippen LogP contribution is 2.33. The number of benzene rings is 1. The van der Waals surface area contributed by atoms with Gasteiger partial charge >= 0.3 is 0 Å². The fourth-order valence-electron chi connectivity index (χ4n) is 4.35. The Morgan fingerprint density at radius 3 is 2.48 bits per heavy atom. The lowest BCUT2D eigenvalue weighted by Gasteiger charge is -2.45. The van der Waals surface area contributed by atoms with Crippen LogP contribution in [0.15, 0.2) is 23.2 Å². The summed E-state index contributed by atoms with van der Waals surface area (Å²) in [6.45, 7) is 6.32. The van der Waals surface area contributed by atoms with Crippen LogP contribution in [-0.4, -0.2) is 69.5 Å². The standard InChI is InChI=1S/C21H32N4O3.HI/c1-22-20(24-17-5-6-18-19(15-17)28-12-4-11-27-18)23-16-21(7-13-26-14-8-21)25-9-2-3-10-25;/h5-6,15H,2-4,7-14,16H2,1H3,(H2,22,23,24);1H. The Labute approximate surface area is 190 Å². The van der Waals surface area contributed by atoms with Crippen molar-refractivity contribution in [2.24, 2.45) is 4.99 Å². The van der Waals surface area contributed by atoms with Gasteiger partial charge in [-0.1, -0.05) is 0 Å². The molecular weight excluding hydrogens is 483 g/mol. The number of rotatable bonds is 4. The van der Waals surface area contributed by atoms with E-state index in [2.05, 4.69) is 20.5 Å². The first-order valence-corrected chi connectivity index (χ1v) is 10.5. The molecule has 3 aliphatic rings. The normalized spacial score (nSPS) is 21.8. The number of hydrogen-bond donors (Lipinski definition) is 2. The highest BCUT2D eigenvalue weighted by molar-refractivity contribution is 14.0. The van der Waals surface area contributed by atoms with Crippen molar-refractivity contribution in [3.05, 3.63) is 18.2 Å². The third-order valence-electron chi connectivity index (χ3n) is 6.02. The van der Waals surface area contributed by atoms with Crippen molar-refractivity contribution >= 4 is 35.6 Å². The maximum Gasteiger partial charge on any atom is 0.195 e. The van der Waals surface area contributed by atoms with Gasteiger partial charge in [-0.3, -0.25) is 9.89 Å². The van der Waals surface area contributed by atoms with Crippen molar-refractivity contribution in [3.8, 4) is 11.5 Å².